The number of carbonyl (C=O) groups is 1. The second kappa shape index (κ2) is 6.32. The molecular weight excluding hydrogens is 352 g/mol. The van der Waals surface area contributed by atoms with Gasteiger partial charge >= 0.3 is 11.9 Å². The second-order valence-corrected chi connectivity index (χ2v) is 5.68. The van der Waals surface area contributed by atoms with Crippen molar-refractivity contribution in [2.24, 2.45) is 0 Å². The Hall–Kier alpha value is -4.11. The van der Waals surface area contributed by atoms with Gasteiger partial charge in [-0.2, -0.15) is 10.5 Å². The number of aryl methyl sites for hydroxylation is 2. The van der Waals surface area contributed by atoms with Gasteiger partial charge in [0.25, 0.3) is 0 Å². The molecule has 3 aromatic rings. The molecule has 0 fully saturated rings. The van der Waals surface area contributed by atoms with Crippen LogP contribution in [0.25, 0.3) is 16.8 Å². The van der Waals surface area contributed by atoms with Crippen molar-refractivity contribution in [2.75, 3.05) is 7.11 Å². The smallest absolute Gasteiger partial charge is 0.433 e. The van der Waals surface area contributed by atoms with Gasteiger partial charge in [0, 0.05) is 11.4 Å². The van der Waals surface area contributed by atoms with Gasteiger partial charge in [0.05, 0.1) is 40.9 Å². The van der Waals surface area contributed by atoms with E-state index < -0.39 is 16.8 Å². The van der Waals surface area contributed by atoms with Crippen molar-refractivity contribution in [3.05, 3.63) is 56.4 Å². The van der Waals surface area contributed by atoms with E-state index in [1.165, 1.54) is 19.2 Å². The standard InChI is InChI=1S/C18H12N4O5/c1-9-11(7-19)6-13-17(18(23)26-3)16(12(8-20)10(2)21(9)13)14-4-5-15(27-14)22(24)25/h4-6H,1-3H3. The first kappa shape index (κ1) is 17.7. The van der Waals surface area contributed by atoms with Crippen LogP contribution in [0.4, 0.5) is 5.88 Å². The molecule has 0 radical (unpaired) electrons. The van der Waals surface area contributed by atoms with E-state index in [-0.39, 0.29) is 22.5 Å². The minimum atomic E-state index is -0.757. The van der Waals surface area contributed by atoms with E-state index in [1.807, 2.05) is 12.1 Å². The number of hydrogen-bond acceptors (Lipinski definition) is 7. The molecule has 3 heterocycles. The van der Waals surface area contributed by atoms with Crippen LogP contribution in [0.3, 0.4) is 0 Å². The van der Waals surface area contributed by atoms with Crippen LogP contribution in [0.1, 0.15) is 32.9 Å². The topological polar surface area (TPSA) is 135 Å². The number of fused-ring (bicyclic) bond motifs is 1. The highest BCUT2D eigenvalue weighted by molar-refractivity contribution is 6.05. The maximum atomic E-state index is 12.5. The Kier molecular flexibility index (Phi) is 4.14. The zero-order valence-electron chi connectivity index (χ0n) is 14.6. The summed E-state index contributed by atoms with van der Waals surface area (Å²) in [5, 5.41) is 30.0. The summed E-state index contributed by atoms with van der Waals surface area (Å²) in [5.41, 5.74) is 1.88. The van der Waals surface area contributed by atoms with Crippen LogP contribution in [0.5, 0.6) is 0 Å². The molecule has 0 atom stereocenters. The van der Waals surface area contributed by atoms with Crippen LogP contribution in [0.15, 0.2) is 22.6 Å². The summed E-state index contributed by atoms with van der Waals surface area (Å²) in [4.78, 5) is 22.8. The number of carbonyl (C=O) groups excluding carboxylic acids is 1. The molecule has 0 aliphatic rings. The molecule has 9 heteroatoms. The van der Waals surface area contributed by atoms with E-state index in [4.69, 9.17) is 9.15 Å². The molecule has 0 aromatic carbocycles. The summed E-state index contributed by atoms with van der Waals surface area (Å²) < 4.78 is 11.7. The predicted molar refractivity (Wildman–Crippen MR) is 92.0 cm³/mol. The first-order valence-electron chi connectivity index (χ1n) is 7.67. The SMILES string of the molecule is COC(=O)c1c(-c2ccc([N+](=O)[O-])o2)c(C#N)c(C)n2c(C)c(C#N)cc12. The number of nitro groups is 1. The summed E-state index contributed by atoms with van der Waals surface area (Å²) in [6.45, 7) is 3.35. The third-order valence-electron chi connectivity index (χ3n) is 4.34. The van der Waals surface area contributed by atoms with Crippen molar-refractivity contribution >= 4 is 17.4 Å². The first-order chi connectivity index (χ1) is 12.8. The molecule has 0 N–H and O–H groups in total. The molecule has 9 nitrogen and oxygen atoms in total. The zero-order valence-corrected chi connectivity index (χ0v) is 14.6. The number of methoxy groups -OCH3 is 1. The Morgan fingerprint density at radius 3 is 2.48 bits per heavy atom. The van der Waals surface area contributed by atoms with Crippen LogP contribution in [-0.2, 0) is 4.74 Å². The zero-order chi connectivity index (χ0) is 19.9. The molecule has 3 rings (SSSR count). The van der Waals surface area contributed by atoms with E-state index in [0.717, 1.165) is 6.07 Å². The summed E-state index contributed by atoms with van der Waals surface area (Å²) in [6, 6.07) is 8.04. The van der Waals surface area contributed by atoms with Crippen LogP contribution in [0.2, 0.25) is 0 Å². The molecule has 134 valence electrons. The van der Waals surface area contributed by atoms with Gasteiger partial charge < -0.3 is 13.6 Å². The average Bonchev–Trinajstić information content (AvgIpc) is 3.26. The summed E-state index contributed by atoms with van der Waals surface area (Å²) in [5.74, 6) is -1.29. The third-order valence-corrected chi connectivity index (χ3v) is 4.34. The van der Waals surface area contributed by atoms with Crippen LogP contribution in [-0.4, -0.2) is 22.4 Å². The molecular formula is C18H12N4O5. The largest absolute Gasteiger partial charge is 0.465 e. The van der Waals surface area contributed by atoms with Gasteiger partial charge in [-0.15, -0.1) is 0 Å². The molecule has 0 spiro atoms. The molecule has 0 aliphatic heterocycles. The van der Waals surface area contributed by atoms with Crippen molar-refractivity contribution in [1.82, 2.24) is 4.40 Å². The monoisotopic (exact) mass is 364 g/mol. The molecule has 0 bridgehead atoms. The summed E-state index contributed by atoms with van der Waals surface area (Å²) in [7, 11) is 1.18. The lowest BCUT2D eigenvalue weighted by atomic mass is 9.98. The van der Waals surface area contributed by atoms with E-state index in [0.29, 0.717) is 22.5 Å². The minimum Gasteiger partial charge on any atom is -0.465 e. The Morgan fingerprint density at radius 2 is 1.96 bits per heavy atom. The van der Waals surface area contributed by atoms with Crippen molar-refractivity contribution in [1.29, 1.82) is 10.5 Å². The van der Waals surface area contributed by atoms with Crippen molar-refractivity contribution in [3.8, 4) is 23.5 Å². The van der Waals surface area contributed by atoms with Crippen LogP contribution in [0, 0.1) is 46.6 Å². The van der Waals surface area contributed by atoms with Gasteiger partial charge in [0.2, 0.25) is 0 Å². The number of rotatable bonds is 3. The fraction of sp³-hybridized carbons (Fsp3) is 0.167. The van der Waals surface area contributed by atoms with Crippen molar-refractivity contribution in [3.63, 3.8) is 0 Å². The fourth-order valence-corrected chi connectivity index (χ4v) is 3.13. The maximum absolute atomic E-state index is 12.5. The molecule has 0 saturated carbocycles. The Labute approximate surface area is 152 Å². The quantitative estimate of drug-likeness (QED) is 0.395. The second-order valence-electron chi connectivity index (χ2n) is 5.68. The molecule has 27 heavy (non-hydrogen) atoms. The van der Waals surface area contributed by atoms with Crippen LogP contribution < -0.4 is 0 Å². The van der Waals surface area contributed by atoms with E-state index in [2.05, 4.69) is 0 Å². The number of furan rings is 1. The lowest BCUT2D eigenvalue weighted by Crippen LogP contribution is -2.11. The predicted octanol–water partition coefficient (Wildman–Crippen LogP) is 3.25. The highest BCUT2D eigenvalue weighted by Gasteiger charge is 2.29. The van der Waals surface area contributed by atoms with E-state index in [1.54, 1.807) is 18.2 Å². The maximum Gasteiger partial charge on any atom is 0.433 e. The molecule has 0 aliphatic carbocycles. The normalized spacial score (nSPS) is 10.4. The van der Waals surface area contributed by atoms with Gasteiger partial charge in [0.1, 0.15) is 22.8 Å². The van der Waals surface area contributed by atoms with Gasteiger partial charge in [-0.3, -0.25) is 10.1 Å². The number of esters is 1. The summed E-state index contributed by atoms with van der Waals surface area (Å²) in [6.07, 6.45) is 0. The molecule has 0 saturated heterocycles. The highest BCUT2D eigenvalue weighted by Crippen LogP contribution is 2.37. The average molecular weight is 364 g/mol. The van der Waals surface area contributed by atoms with Crippen molar-refractivity contribution < 1.29 is 18.9 Å². The number of ether oxygens (including phenoxy) is 1. The highest BCUT2D eigenvalue weighted by atomic mass is 16.6. The fourth-order valence-electron chi connectivity index (χ4n) is 3.13. The van der Waals surface area contributed by atoms with Gasteiger partial charge in [-0.1, -0.05) is 0 Å². The van der Waals surface area contributed by atoms with E-state index >= 15 is 0 Å². The lowest BCUT2D eigenvalue weighted by molar-refractivity contribution is -0.401. The number of nitriles is 2. The van der Waals surface area contributed by atoms with Crippen LogP contribution >= 0.6 is 0 Å². The minimum absolute atomic E-state index is 0.00602. The van der Waals surface area contributed by atoms with Gasteiger partial charge in [0.15, 0.2) is 0 Å². The first-order valence-corrected chi connectivity index (χ1v) is 7.67. The number of nitrogens with zero attached hydrogens (tertiary/aromatic N) is 4. The Bertz CT molecular complexity index is 1200. The van der Waals surface area contributed by atoms with E-state index in [9.17, 15) is 25.4 Å². The van der Waals surface area contributed by atoms with Crippen molar-refractivity contribution in [2.45, 2.75) is 13.8 Å². The lowest BCUT2D eigenvalue weighted by Gasteiger charge is -2.15. The van der Waals surface area contributed by atoms with Gasteiger partial charge in [-0.25, -0.2) is 4.79 Å². The number of pyridine rings is 1. The molecule has 0 unspecified atom stereocenters. The number of hydrogen-bond donors (Lipinski definition) is 0. The Morgan fingerprint density at radius 1 is 1.26 bits per heavy atom. The summed E-state index contributed by atoms with van der Waals surface area (Å²) >= 11 is 0. The number of aromatic nitrogens is 1. The Balaban J connectivity index is 2.55. The van der Waals surface area contributed by atoms with Gasteiger partial charge in [-0.05, 0) is 26.0 Å². The molecule has 0 amide bonds. The molecule has 3 aromatic heterocycles. The third kappa shape index (κ3) is 2.50.